The van der Waals surface area contributed by atoms with Gasteiger partial charge in [-0.25, -0.2) is 8.78 Å². The Bertz CT molecular complexity index is 641. The third-order valence-electron chi connectivity index (χ3n) is 2.89. The number of halogens is 2. The van der Waals surface area contributed by atoms with Gasteiger partial charge < -0.3 is 10.1 Å². The lowest BCUT2D eigenvalue weighted by Crippen LogP contribution is -2.30. The molecule has 0 unspecified atom stereocenters. The molecule has 0 saturated carbocycles. The van der Waals surface area contributed by atoms with Crippen LogP contribution < -0.4 is 10.1 Å². The molecule has 0 spiro atoms. The van der Waals surface area contributed by atoms with Crippen LogP contribution in [0.1, 0.15) is 12.5 Å². The second-order valence-electron chi connectivity index (χ2n) is 4.69. The molecular weight excluding hydrogens is 276 g/mol. The van der Waals surface area contributed by atoms with Gasteiger partial charge in [-0.2, -0.15) is 0 Å². The van der Waals surface area contributed by atoms with Gasteiger partial charge >= 0.3 is 0 Å². The first-order valence-electron chi connectivity index (χ1n) is 6.45. The zero-order valence-corrected chi connectivity index (χ0v) is 11.7. The second-order valence-corrected chi connectivity index (χ2v) is 4.69. The molecule has 0 aliphatic carbocycles. The van der Waals surface area contributed by atoms with Gasteiger partial charge in [-0.05, 0) is 38.1 Å². The molecule has 0 fully saturated rings. The zero-order valence-electron chi connectivity index (χ0n) is 11.7. The second kappa shape index (κ2) is 6.35. The highest BCUT2D eigenvalue weighted by molar-refractivity contribution is 5.94. The van der Waals surface area contributed by atoms with Crippen LogP contribution in [0.2, 0.25) is 0 Å². The number of rotatable bonds is 4. The quantitative estimate of drug-likeness (QED) is 0.933. The van der Waals surface area contributed by atoms with Crippen LogP contribution in [0.5, 0.6) is 5.75 Å². The van der Waals surface area contributed by atoms with Crippen LogP contribution in [0, 0.1) is 18.6 Å². The van der Waals surface area contributed by atoms with Crippen LogP contribution in [0.3, 0.4) is 0 Å². The molecule has 0 aliphatic rings. The molecule has 2 aromatic carbocycles. The van der Waals surface area contributed by atoms with Crippen molar-refractivity contribution in [2.75, 3.05) is 5.32 Å². The molecule has 0 aliphatic heterocycles. The van der Waals surface area contributed by atoms with Gasteiger partial charge in [0.15, 0.2) is 6.10 Å². The lowest BCUT2D eigenvalue weighted by molar-refractivity contribution is -0.122. The number of benzene rings is 2. The molecule has 0 bridgehead atoms. The Balaban J connectivity index is 2.00. The number of carbonyl (C=O) groups is 1. The third kappa shape index (κ3) is 4.02. The van der Waals surface area contributed by atoms with E-state index in [1.165, 1.54) is 6.07 Å². The molecule has 0 radical (unpaired) electrons. The van der Waals surface area contributed by atoms with Gasteiger partial charge in [-0.1, -0.05) is 17.7 Å². The van der Waals surface area contributed by atoms with Crippen molar-refractivity contribution < 1.29 is 18.3 Å². The number of hydrogen-bond donors (Lipinski definition) is 1. The van der Waals surface area contributed by atoms with Crippen LogP contribution >= 0.6 is 0 Å². The van der Waals surface area contributed by atoms with E-state index in [2.05, 4.69) is 5.32 Å². The minimum absolute atomic E-state index is 0.0826. The molecular formula is C16H15F2NO2. The van der Waals surface area contributed by atoms with E-state index in [1.807, 2.05) is 19.1 Å². The van der Waals surface area contributed by atoms with E-state index in [4.69, 9.17) is 4.74 Å². The average molecular weight is 291 g/mol. The smallest absolute Gasteiger partial charge is 0.265 e. The maximum atomic E-state index is 13.4. The summed E-state index contributed by atoms with van der Waals surface area (Å²) in [6, 6.07) is 10.2. The van der Waals surface area contributed by atoms with Gasteiger partial charge in [0.05, 0.1) is 5.69 Å². The fourth-order valence-corrected chi connectivity index (χ4v) is 1.70. The van der Waals surface area contributed by atoms with Crippen LogP contribution in [0.4, 0.5) is 14.5 Å². The van der Waals surface area contributed by atoms with Crippen LogP contribution in [0.25, 0.3) is 0 Å². The van der Waals surface area contributed by atoms with Gasteiger partial charge in [0, 0.05) is 6.07 Å². The lowest BCUT2D eigenvalue weighted by atomic mass is 10.2. The number of ether oxygens (including phenoxy) is 1. The molecule has 5 heteroatoms. The van der Waals surface area contributed by atoms with Crippen LogP contribution in [0.15, 0.2) is 42.5 Å². The molecule has 21 heavy (non-hydrogen) atoms. The Labute approximate surface area is 121 Å². The van der Waals surface area contributed by atoms with Gasteiger partial charge in [-0.15, -0.1) is 0 Å². The minimum atomic E-state index is -0.828. The highest BCUT2D eigenvalue weighted by Crippen LogP contribution is 2.17. The maximum absolute atomic E-state index is 13.4. The number of amides is 1. The lowest BCUT2D eigenvalue weighted by Gasteiger charge is -2.15. The topological polar surface area (TPSA) is 38.3 Å². The number of hydrogen-bond acceptors (Lipinski definition) is 2. The third-order valence-corrected chi connectivity index (χ3v) is 2.89. The Kier molecular flexibility index (Phi) is 4.52. The molecule has 3 nitrogen and oxygen atoms in total. The predicted molar refractivity (Wildman–Crippen MR) is 76.3 cm³/mol. The number of anilines is 1. The number of carbonyl (C=O) groups excluding carboxylic acids is 1. The highest BCUT2D eigenvalue weighted by Gasteiger charge is 2.16. The van der Waals surface area contributed by atoms with Gasteiger partial charge in [-0.3, -0.25) is 4.79 Å². The van der Waals surface area contributed by atoms with Crippen molar-refractivity contribution in [2.24, 2.45) is 0 Å². The summed E-state index contributed by atoms with van der Waals surface area (Å²) in [6.45, 7) is 3.49. The fraction of sp³-hybridized carbons (Fsp3) is 0.188. The summed E-state index contributed by atoms with van der Waals surface area (Å²) in [4.78, 5) is 11.9. The number of nitrogens with one attached hydrogen (secondary N) is 1. The van der Waals surface area contributed by atoms with Crippen LogP contribution in [-0.2, 0) is 4.79 Å². The normalized spacial score (nSPS) is 11.8. The first kappa shape index (κ1) is 15.0. The molecule has 0 saturated heterocycles. The molecule has 2 aromatic rings. The highest BCUT2D eigenvalue weighted by atomic mass is 19.1. The average Bonchev–Trinajstić information content (AvgIpc) is 2.44. The summed E-state index contributed by atoms with van der Waals surface area (Å²) >= 11 is 0. The summed E-state index contributed by atoms with van der Waals surface area (Å²) < 4.78 is 31.7. The van der Waals surface area contributed by atoms with Gasteiger partial charge in [0.1, 0.15) is 17.4 Å². The van der Waals surface area contributed by atoms with Crippen molar-refractivity contribution in [3.05, 3.63) is 59.7 Å². The first-order chi connectivity index (χ1) is 9.95. The van der Waals surface area contributed by atoms with Crippen molar-refractivity contribution in [3.63, 3.8) is 0 Å². The van der Waals surface area contributed by atoms with Crippen molar-refractivity contribution in [3.8, 4) is 5.75 Å². The standard InChI is InChI=1S/C16H15F2NO2/c1-10-3-6-13(7-4-10)21-11(2)16(20)19-15-8-5-12(17)9-14(15)18/h3-9,11H,1-2H3,(H,19,20)/t11-/m0/s1. The Morgan fingerprint density at radius 3 is 2.43 bits per heavy atom. The Morgan fingerprint density at radius 2 is 1.81 bits per heavy atom. The van der Waals surface area contributed by atoms with E-state index in [0.717, 1.165) is 11.6 Å². The molecule has 1 amide bonds. The van der Waals surface area contributed by atoms with E-state index >= 15 is 0 Å². The van der Waals surface area contributed by atoms with E-state index in [9.17, 15) is 13.6 Å². The van der Waals surface area contributed by atoms with E-state index in [0.29, 0.717) is 11.8 Å². The van der Waals surface area contributed by atoms with Crippen molar-refractivity contribution in [1.29, 1.82) is 0 Å². The summed E-state index contributed by atoms with van der Waals surface area (Å²) in [5.74, 6) is -1.50. The maximum Gasteiger partial charge on any atom is 0.265 e. The molecule has 2 rings (SSSR count). The number of aryl methyl sites for hydroxylation is 1. The van der Waals surface area contributed by atoms with Crippen molar-refractivity contribution in [2.45, 2.75) is 20.0 Å². The first-order valence-corrected chi connectivity index (χ1v) is 6.45. The van der Waals surface area contributed by atoms with Gasteiger partial charge in [0.2, 0.25) is 0 Å². The Hall–Kier alpha value is -2.43. The zero-order chi connectivity index (χ0) is 15.4. The predicted octanol–water partition coefficient (Wildman–Crippen LogP) is 3.68. The van der Waals surface area contributed by atoms with E-state index in [1.54, 1.807) is 19.1 Å². The van der Waals surface area contributed by atoms with E-state index < -0.39 is 23.6 Å². The summed E-state index contributed by atoms with van der Waals surface area (Å²) in [5, 5.41) is 2.36. The van der Waals surface area contributed by atoms with Crippen molar-refractivity contribution >= 4 is 11.6 Å². The molecule has 0 aromatic heterocycles. The summed E-state index contributed by atoms with van der Waals surface area (Å²) in [7, 11) is 0. The largest absolute Gasteiger partial charge is 0.481 e. The SMILES string of the molecule is Cc1ccc(O[C@@H](C)C(=O)Nc2ccc(F)cc2F)cc1. The summed E-state index contributed by atoms with van der Waals surface area (Å²) in [5.41, 5.74) is 0.994. The molecule has 1 atom stereocenters. The monoisotopic (exact) mass is 291 g/mol. The van der Waals surface area contributed by atoms with Crippen molar-refractivity contribution in [1.82, 2.24) is 0 Å². The fourth-order valence-electron chi connectivity index (χ4n) is 1.70. The van der Waals surface area contributed by atoms with E-state index in [-0.39, 0.29) is 5.69 Å². The molecule has 1 N–H and O–H groups in total. The molecule has 110 valence electrons. The Morgan fingerprint density at radius 1 is 1.14 bits per heavy atom. The minimum Gasteiger partial charge on any atom is -0.481 e. The summed E-state index contributed by atoms with van der Waals surface area (Å²) in [6.07, 6.45) is -0.808. The van der Waals surface area contributed by atoms with Gasteiger partial charge in [0.25, 0.3) is 5.91 Å². The molecule has 0 heterocycles. The van der Waals surface area contributed by atoms with Crippen LogP contribution in [-0.4, -0.2) is 12.0 Å².